The van der Waals surface area contributed by atoms with Gasteiger partial charge in [-0.1, -0.05) is 54.1 Å². The van der Waals surface area contributed by atoms with E-state index in [4.69, 9.17) is 16.3 Å². The third-order valence-corrected chi connectivity index (χ3v) is 3.89. The normalized spacial score (nSPS) is 20.0. The van der Waals surface area contributed by atoms with Crippen LogP contribution in [0.25, 0.3) is 5.76 Å². The Labute approximate surface area is 137 Å². The summed E-state index contributed by atoms with van der Waals surface area (Å²) < 4.78 is 5.53. The Morgan fingerprint density at radius 3 is 2.52 bits per heavy atom. The zero-order valence-electron chi connectivity index (χ0n) is 11.8. The summed E-state index contributed by atoms with van der Waals surface area (Å²) in [4.78, 5) is 10.9. The van der Waals surface area contributed by atoms with E-state index < -0.39 is 17.1 Å². The third-order valence-electron chi connectivity index (χ3n) is 3.65. The van der Waals surface area contributed by atoms with Crippen molar-refractivity contribution in [1.82, 2.24) is 0 Å². The average molecular weight is 327 g/mol. The second kappa shape index (κ2) is 6.11. The van der Waals surface area contributed by atoms with Crippen LogP contribution in [0.1, 0.15) is 17.0 Å². The molecule has 0 spiro atoms. The largest absolute Gasteiger partial charge is 0.427 e. The van der Waals surface area contributed by atoms with E-state index in [0.717, 1.165) is 0 Å². The highest BCUT2D eigenvalue weighted by Crippen LogP contribution is 2.43. The number of ether oxygens (including phenoxy) is 1. The number of benzene rings is 2. The summed E-state index contributed by atoms with van der Waals surface area (Å²) in [6, 6.07) is 17.7. The van der Waals surface area contributed by atoms with E-state index in [1.165, 1.54) is 0 Å². The minimum atomic E-state index is -1.35. The smallest absolute Gasteiger partial charge is 0.365 e. The lowest BCUT2D eigenvalue weighted by atomic mass is 9.90. The molecule has 0 amide bonds. The highest BCUT2D eigenvalue weighted by Gasteiger charge is 2.46. The molecule has 0 radical (unpaired) electrons. The van der Waals surface area contributed by atoms with Crippen LogP contribution in [0.3, 0.4) is 0 Å². The summed E-state index contributed by atoms with van der Waals surface area (Å²) in [5, 5.41) is 21.4. The van der Waals surface area contributed by atoms with Crippen molar-refractivity contribution < 1.29 is 9.66 Å². The Balaban J connectivity index is 2.15. The van der Waals surface area contributed by atoms with Crippen molar-refractivity contribution in [3.8, 4) is 6.07 Å². The Kier molecular flexibility index (Phi) is 4.00. The number of hydrogen-bond donors (Lipinski definition) is 0. The molecule has 0 saturated carbocycles. The number of nitriles is 1. The molecule has 0 aliphatic carbocycles. The van der Waals surface area contributed by atoms with E-state index in [1.807, 2.05) is 6.07 Å². The molecule has 1 aliphatic rings. The molecule has 0 unspecified atom stereocenters. The van der Waals surface area contributed by atoms with Gasteiger partial charge in [0.15, 0.2) is 0 Å². The Morgan fingerprint density at radius 1 is 1.17 bits per heavy atom. The average Bonchev–Trinajstić information content (AvgIpc) is 2.95. The highest BCUT2D eigenvalue weighted by atomic mass is 35.5. The van der Waals surface area contributed by atoms with Crippen LogP contribution in [-0.4, -0.2) is 11.2 Å². The number of nitro groups is 1. The molecule has 23 heavy (non-hydrogen) atoms. The zero-order valence-corrected chi connectivity index (χ0v) is 12.6. The van der Waals surface area contributed by atoms with E-state index in [1.54, 1.807) is 48.5 Å². The fourth-order valence-corrected chi connectivity index (χ4v) is 2.86. The first kappa shape index (κ1) is 15.1. The first-order chi connectivity index (χ1) is 11.1. The summed E-state index contributed by atoms with van der Waals surface area (Å²) in [6.07, 6.45) is -1.35. The standard InChI is InChI=1S/C17H11ClN2O3/c18-13-8-4-7-12(9-13)15-14(10-19)16(23-17(15)20(21)22)11-5-2-1-3-6-11/h1-9,15,17H/t15-,17-/m0/s1. The van der Waals surface area contributed by atoms with Crippen LogP contribution in [0.2, 0.25) is 5.02 Å². The first-order valence-corrected chi connectivity index (χ1v) is 7.25. The van der Waals surface area contributed by atoms with Crippen LogP contribution in [-0.2, 0) is 4.74 Å². The summed E-state index contributed by atoms with van der Waals surface area (Å²) in [5.74, 6) is -0.538. The molecular formula is C17H11ClN2O3. The summed E-state index contributed by atoms with van der Waals surface area (Å²) >= 11 is 5.99. The van der Waals surface area contributed by atoms with Crippen LogP contribution in [0.15, 0.2) is 60.2 Å². The van der Waals surface area contributed by atoms with Crippen molar-refractivity contribution in [2.75, 3.05) is 0 Å². The molecule has 5 nitrogen and oxygen atoms in total. The van der Waals surface area contributed by atoms with Gasteiger partial charge in [0.2, 0.25) is 0 Å². The molecule has 114 valence electrons. The van der Waals surface area contributed by atoms with E-state index in [-0.39, 0.29) is 11.3 Å². The molecule has 3 rings (SSSR count). The van der Waals surface area contributed by atoms with Gasteiger partial charge in [-0.2, -0.15) is 5.26 Å². The van der Waals surface area contributed by atoms with Gasteiger partial charge in [-0.3, -0.25) is 10.1 Å². The topological polar surface area (TPSA) is 76.2 Å². The SMILES string of the molecule is N#CC1=C(c2ccccc2)O[C@H]([N+](=O)[O-])[C@H]1c1cccc(Cl)c1. The maximum Gasteiger partial charge on any atom is 0.365 e. The quantitative estimate of drug-likeness (QED) is 0.631. The van der Waals surface area contributed by atoms with Crippen LogP contribution in [0.5, 0.6) is 0 Å². The van der Waals surface area contributed by atoms with Gasteiger partial charge in [-0.15, -0.1) is 0 Å². The van der Waals surface area contributed by atoms with E-state index in [2.05, 4.69) is 6.07 Å². The van der Waals surface area contributed by atoms with E-state index in [0.29, 0.717) is 16.1 Å². The maximum atomic E-state index is 11.4. The van der Waals surface area contributed by atoms with Crippen LogP contribution < -0.4 is 0 Å². The molecule has 0 aromatic heterocycles. The molecule has 1 heterocycles. The van der Waals surface area contributed by atoms with Crippen molar-refractivity contribution in [3.05, 3.63) is 86.4 Å². The highest BCUT2D eigenvalue weighted by molar-refractivity contribution is 6.30. The van der Waals surface area contributed by atoms with Crippen molar-refractivity contribution in [2.24, 2.45) is 0 Å². The van der Waals surface area contributed by atoms with Crippen molar-refractivity contribution in [3.63, 3.8) is 0 Å². The minimum absolute atomic E-state index is 0.236. The fourth-order valence-electron chi connectivity index (χ4n) is 2.67. The molecule has 0 fully saturated rings. The second-order valence-electron chi connectivity index (χ2n) is 5.05. The predicted molar refractivity (Wildman–Crippen MR) is 85.0 cm³/mol. The summed E-state index contributed by atoms with van der Waals surface area (Å²) in [5.41, 5.74) is 1.46. The molecular weight excluding hydrogens is 316 g/mol. The van der Waals surface area contributed by atoms with Gasteiger partial charge in [-0.25, -0.2) is 0 Å². The third kappa shape index (κ3) is 2.77. The van der Waals surface area contributed by atoms with Gasteiger partial charge in [0.1, 0.15) is 11.7 Å². The summed E-state index contributed by atoms with van der Waals surface area (Å²) in [6.45, 7) is 0. The van der Waals surface area contributed by atoms with E-state index in [9.17, 15) is 15.4 Å². The van der Waals surface area contributed by atoms with E-state index >= 15 is 0 Å². The Hall–Kier alpha value is -2.84. The van der Waals surface area contributed by atoms with Crippen LogP contribution in [0.4, 0.5) is 0 Å². The Morgan fingerprint density at radius 2 is 1.91 bits per heavy atom. The molecule has 0 N–H and O–H groups in total. The van der Waals surface area contributed by atoms with Crippen LogP contribution >= 0.6 is 11.6 Å². The molecule has 0 bridgehead atoms. The minimum Gasteiger partial charge on any atom is -0.427 e. The number of rotatable bonds is 3. The van der Waals surface area contributed by atoms with Crippen molar-refractivity contribution in [2.45, 2.75) is 12.1 Å². The molecule has 6 heteroatoms. The second-order valence-corrected chi connectivity index (χ2v) is 5.48. The molecule has 1 aliphatic heterocycles. The van der Waals surface area contributed by atoms with Gasteiger partial charge in [0, 0.05) is 10.6 Å². The monoisotopic (exact) mass is 326 g/mol. The lowest BCUT2D eigenvalue weighted by molar-refractivity contribution is -0.567. The summed E-state index contributed by atoms with van der Waals surface area (Å²) in [7, 11) is 0. The van der Waals surface area contributed by atoms with Gasteiger partial charge in [0.25, 0.3) is 0 Å². The van der Waals surface area contributed by atoms with Gasteiger partial charge < -0.3 is 4.74 Å². The number of hydrogen-bond acceptors (Lipinski definition) is 4. The number of halogens is 1. The zero-order chi connectivity index (χ0) is 16.4. The molecule has 0 saturated heterocycles. The Bertz CT molecular complexity index is 827. The lowest BCUT2D eigenvalue weighted by Crippen LogP contribution is -2.26. The molecule has 2 aromatic rings. The van der Waals surface area contributed by atoms with Gasteiger partial charge in [-0.05, 0) is 17.7 Å². The first-order valence-electron chi connectivity index (χ1n) is 6.87. The fraction of sp³-hybridized carbons (Fsp3) is 0.118. The van der Waals surface area contributed by atoms with Crippen LogP contribution in [0, 0.1) is 21.4 Å². The maximum absolute atomic E-state index is 11.4. The van der Waals surface area contributed by atoms with Gasteiger partial charge in [0.05, 0.1) is 16.6 Å². The van der Waals surface area contributed by atoms with Gasteiger partial charge >= 0.3 is 6.23 Å². The molecule has 2 aromatic carbocycles. The molecule has 2 atom stereocenters. The van der Waals surface area contributed by atoms with Crippen molar-refractivity contribution >= 4 is 17.4 Å². The predicted octanol–water partition coefficient (Wildman–Crippen LogP) is 3.99. The lowest BCUT2D eigenvalue weighted by Gasteiger charge is -2.13. The number of nitrogens with zero attached hydrogens (tertiary/aromatic N) is 2. The van der Waals surface area contributed by atoms with Crippen molar-refractivity contribution in [1.29, 1.82) is 5.26 Å².